The number of ether oxygens (including phenoxy) is 2. The summed E-state index contributed by atoms with van der Waals surface area (Å²) in [6, 6.07) is 9.31. The number of carbonyl (C=O) groups excluding carboxylic acids is 1. The molecule has 25 heavy (non-hydrogen) atoms. The van der Waals surface area contributed by atoms with Gasteiger partial charge in [0.15, 0.2) is 0 Å². The molecule has 1 amide bonds. The van der Waals surface area contributed by atoms with E-state index in [2.05, 4.69) is 9.97 Å². The van der Waals surface area contributed by atoms with E-state index in [1.165, 1.54) is 0 Å². The minimum absolute atomic E-state index is 0.0327. The minimum Gasteiger partial charge on any atom is -0.373 e. The van der Waals surface area contributed by atoms with Crippen LogP contribution in [-0.2, 0) is 16.1 Å². The van der Waals surface area contributed by atoms with Crippen molar-refractivity contribution in [2.75, 3.05) is 19.7 Å². The molecule has 130 valence electrons. The SMILES string of the molecule is O=C(c1ccccn1)N1CC2(CC(OCc3ccncc3)CCO2)C1. The fraction of sp³-hybridized carbons (Fsp3) is 0.421. The van der Waals surface area contributed by atoms with Crippen LogP contribution in [0, 0.1) is 0 Å². The summed E-state index contributed by atoms with van der Waals surface area (Å²) in [4.78, 5) is 22.4. The first-order chi connectivity index (χ1) is 12.2. The number of likely N-dealkylation sites (tertiary alicyclic amines) is 1. The Balaban J connectivity index is 1.31. The topological polar surface area (TPSA) is 64.6 Å². The van der Waals surface area contributed by atoms with Gasteiger partial charge in [-0.2, -0.15) is 0 Å². The Kier molecular flexibility index (Phi) is 4.46. The molecule has 0 bridgehead atoms. The molecule has 0 saturated carbocycles. The largest absolute Gasteiger partial charge is 0.373 e. The molecule has 6 heteroatoms. The van der Waals surface area contributed by atoms with Crippen molar-refractivity contribution in [1.29, 1.82) is 0 Å². The molecule has 2 aromatic heterocycles. The normalized spacial score (nSPS) is 21.8. The van der Waals surface area contributed by atoms with E-state index in [0.717, 1.165) is 18.4 Å². The van der Waals surface area contributed by atoms with Crippen molar-refractivity contribution in [2.24, 2.45) is 0 Å². The summed E-state index contributed by atoms with van der Waals surface area (Å²) in [6.07, 6.45) is 7.07. The molecule has 2 aliphatic heterocycles. The summed E-state index contributed by atoms with van der Waals surface area (Å²) in [7, 11) is 0. The molecule has 0 aromatic carbocycles. The van der Waals surface area contributed by atoms with Gasteiger partial charge in [-0.15, -0.1) is 0 Å². The van der Waals surface area contributed by atoms with Crippen LogP contribution in [0.5, 0.6) is 0 Å². The average Bonchev–Trinajstić information content (AvgIpc) is 2.65. The zero-order valence-electron chi connectivity index (χ0n) is 14.0. The van der Waals surface area contributed by atoms with Crippen molar-refractivity contribution in [1.82, 2.24) is 14.9 Å². The molecule has 2 aliphatic rings. The van der Waals surface area contributed by atoms with Crippen molar-refractivity contribution < 1.29 is 14.3 Å². The molecule has 0 N–H and O–H groups in total. The predicted molar refractivity (Wildman–Crippen MR) is 90.9 cm³/mol. The lowest BCUT2D eigenvalue weighted by molar-refractivity contribution is -0.188. The molecule has 1 atom stereocenters. The van der Waals surface area contributed by atoms with Gasteiger partial charge in [-0.25, -0.2) is 0 Å². The quantitative estimate of drug-likeness (QED) is 0.853. The van der Waals surface area contributed by atoms with Crippen LogP contribution in [0.4, 0.5) is 0 Å². The Hall–Kier alpha value is -2.31. The highest BCUT2D eigenvalue weighted by atomic mass is 16.5. The third-order valence-electron chi connectivity index (χ3n) is 4.81. The summed E-state index contributed by atoms with van der Waals surface area (Å²) >= 11 is 0. The Morgan fingerprint density at radius 1 is 1.24 bits per heavy atom. The van der Waals surface area contributed by atoms with E-state index in [-0.39, 0.29) is 17.6 Å². The Bertz CT molecular complexity index is 717. The number of aromatic nitrogens is 2. The molecular formula is C19H21N3O3. The lowest BCUT2D eigenvalue weighted by Gasteiger charge is -2.52. The smallest absolute Gasteiger partial charge is 0.272 e. The molecule has 4 heterocycles. The van der Waals surface area contributed by atoms with Crippen LogP contribution in [0.1, 0.15) is 28.9 Å². The summed E-state index contributed by atoms with van der Waals surface area (Å²) in [5.74, 6) is -0.0327. The Morgan fingerprint density at radius 3 is 2.84 bits per heavy atom. The molecule has 1 spiro atoms. The van der Waals surface area contributed by atoms with Crippen molar-refractivity contribution in [2.45, 2.75) is 31.2 Å². The van der Waals surface area contributed by atoms with E-state index < -0.39 is 0 Å². The van der Waals surface area contributed by atoms with Gasteiger partial charge in [-0.05, 0) is 36.2 Å². The average molecular weight is 339 g/mol. The van der Waals surface area contributed by atoms with Crippen LogP contribution in [0.3, 0.4) is 0 Å². The molecule has 0 radical (unpaired) electrons. The van der Waals surface area contributed by atoms with Crippen molar-refractivity contribution >= 4 is 5.91 Å². The maximum Gasteiger partial charge on any atom is 0.272 e. The zero-order chi connectivity index (χ0) is 17.1. The van der Waals surface area contributed by atoms with Gasteiger partial charge in [0, 0.05) is 31.6 Å². The number of pyridine rings is 2. The van der Waals surface area contributed by atoms with Gasteiger partial charge in [-0.3, -0.25) is 14.8 Å². The van der Waals surface area contributed by atoms with Crippen LogP contribution in [-0.4, -0.2) is 52.2 Å². The molecule has 1 unspecified atom stereocenters. The molecule has 6 nitrogen and oxygen atoms in total. The second kappa shape index (κ2) is 6.90. The minimum atomic E-state index is -0.258. The summed E-state index contributed by atoms with van der Waals surface area (Å²) in [5, 5.41) is 0. The van der Waals surface area contributed by atoms with Gasteiger partial charge in [0.25, 0.3) is 5.91 Å². The van der Waals surface area contributed by atoms with Crippen molar-refractivity contribution in [3.8, 4) is 0 Å². The number of carbonyl (C=O) groups is 1. The summed E-state index contributed by atoms with van der Waals surface area (Å²) < 4.78 is 12.1. The third kappa shape index (κ3) is 3.55. The lowest BCUT2D eigenvalue weighted by atomic mass is 9.84. The Morgan fingerprint density at radius 2 is 2.08 bits per heavy atom. The zero-order valence-corrected chi connectivity index (χ0v) is 14.0. The van der Waals surface area contributed by atoms with E-state index in [1.807, 2.05) is 24.3 Å². The fourth-order valence-electron chi connectivity index (χ4n) is 3.48. The highest BCUT2D eigenvalue weighted by molar-refractivity contribution is 5.93. The van der Waals surface area contributed by atoms with Crippen molar-refractivity contribution in [3.05, 3.63) is 60.2 Å². The molecule has 2 aromatic rings. The van der Waals surface area contributed by atoms with Gasteiger partial charge >= 0.3 is 0 Å². The molecule has 4 rings (SSSR count). The summed E-state index contributed by atoms with van der Waals surface area (Å²) in [5.41, 5.74) is 1.35. The van der Waals surface area contributed by atoms with Gasteiger partial charge < -0.3 is 14.4 Å². The lowest BCUT2D eigenvalue weighted by Crippen LogP contribution is -2.67. The highest BCUT2D eigenvalue weighted by Gasteiger charge is 2.49. The van der Waals surface area contributed by atoms with Crippen molar-refractivity contribution in [3.63, 3.8) is 0 Å². The maximum absolute atomic E-state index is 12.4. The molecule has 2 fully saturated rings. The number of amides is 1. The molecule has 2 saturated heterocycles. The van der Waals surface area contributed by atoms with Gasteiger partial charge in [0.05, 0.1) is 25.8 Å². The predicted octanol–water partition coefficient (Wildman–Crippen LogP) is 2.07. The standard InChI is InChI=1S/C19H21N3O3/c23-18(17-3-1-2-7-21-17)22-13-19(14-22)11-16(6-10-25-19)24-12-15-4-8-20-9-5-15/h1-5,7-9,16H,6,10-14H2. The van der Waals surface area contributed by atoms with Gasteiger partial charge in [0.1, 0.15) is 11.3 Å². The van der Waals surface area contributed by atoms with Gasteiger partial charge in [-0.1, -0.05) is 6.07 Å². The van der Waals surface area contributed by atoms with Crippen LogP contribution in [0.2, 0.25) is 0 Å². The van der Waals surface area contributed by atoms with Crippen LogP contribution in [0.25, 0.3) is 0 Å². The first-order valence-electron chi connectivity index (χ1n) is 8.59. The van der Waals surface area contributed by atoms with Crippen LogP contribution >= 0.6 is 0 Å². The number of hydrogen-bond donors (Lipinski definition) is 0. The number of rotatable bonds is 4. The molecular weight excluding hydrogens is 318 g/mol. The number of hydrogen-bond acceptors (Lipinski definition) is 5. The Labute approximate surface area is 146 Å². The maximum atomic E-state index is 12.4. The summed E-state index contributed by atoms with van der Waals surface area (Å²) in [6.45, 7) is 2.47. The van der Waals surface area contributed by atoms with E-state index in [4.69, 9.17) is 9.47 Å². The number of nitrogens with zero attached hydrogens (tertiary/aromatic N) is 3. The molecule has 0 aliphatic carbocycles. The van der Waals surface area contributed by atoms with Gasteiger partial charge in [0.2, 0.25) is 0 Å². The van der Waals surface area contributed by atoms with E-state index in [0.29, 0.717) is 32.0 Å². The van der Waals surface area contributed by atoms with E-state index >= 15 is 0 Å². The third-order valence-corrected chi connectivity index (χ3v) is 4.81. The highest BCUT2D eigenvalue weighted by Crippen LogP contribution is 2.36. The van der Waals surface area contributed by atoms with E-state index in [1.54, 1.807) is 29.6 Å². The monoisotopic (exact) mass is 339 g/mol. The van der Waals surface area contributed by atoms with E-state index in [9.17, 15) is 4.79 Å². The van der Waals surface area contributed by atoms with Crippen LogP contribution in [0.15, 0.2) is 48.9 Å². The first kappa shape index (κ1) is 16.2. The fourth-order valence-corrected chi connectivity index (χ4v) is 3.48. The second-order valence-corrected chi connectivity index (χ2v) is 6.69. The van der Waals surface area contributed by atoms with Crippen LogP contribution < -0.4 is 0 Å². The second-order valence-electron chi connectivity index (χ2n) is 6.69. The first-order valence-corrected chi connectivity index (χ1v) is 8.59.